The minimum atomic E-state index is -0.610. The van der Waals surface area contributed by atoms with Gasteiger partial charge in [-0.3, -0.25) is 4.79 Å². The van der Waals surface area contributed by atoms with Gasteiger partial charge in [0.25, 0.3) is 5.91 Å². The molecule has 20 heavy (non-hydrogen) atoms. The molecular formula is C16H17NO3. The van der Waals surface area contributed by atoms with Crippen molar-refractivity contribution in [2.45, 2.75) is 12.5 Å². The molecule has 1 amide bonds. The number of aliphatic hydroxyl groups excluding tert-OH is 1. The van der Waals surface area contributed by atoms with Gasteiger partial charge in [-0.2, -0.15) is 0 Å². The standard InChI is InChI=1S/C16H17NO3/c18-14(12-6-2-1-3-7-12)10-11-17-16(20)13-8-4-5-9-15(13)19/h1-9,14,18-19H,10-11H2,(H,17,20)/t14-/m0/s1. The molecule has 0 spiro atoms. The second kappa shape index (κ2) is 6.73. The highest BCUT2D eigenvalue weighted by Crippen LogP contribution is 2.17. The number of amides is 1. The van der Waals surface area contributed by atoms with Gasteiger partial charge in [-0.1, -0.05) is 42.5 Å². The molecule has 0 aliphatic rings. The van der Waals surface area contributed by atoms with Crippen molar-refractivity contribution in [3.63, 3.8) is 0 Å². The molecule has 0 fully saturated rings. The first-order chi connectivity index (χ1) is 9.68. The molecule has 2 rings (SSSR count). The summed E-state index contributed by atoms with van der Waals surface area (Å²) in [6.07, 6.45) is -0.190. The molecule has 0 heterocycles. The minimum Gasteiger partial charge on any atom is -0.507 e. The number of para-hydroxylation sites is 1. The van der Waals surface area contributed by atoms with Crippen molar-refractivity contribution in [2.75, 3.05) is 6.54 Å². The van der Waals surface area contributed by atoms with Gasteiger partial charge in [0.15, 0.2) is 0 Å². The van der Waals surface area contributed by atoms with Crippen LogP contribution in [0, 0.1) is 0 Å². The van der Waals surface area contributed by atoms with Crippen molar-refractivity contribution in [3.05, 3.63) is 65.7 Å². The fourth-order valence-corrected chi connectivity index (χ4v) is 1.93. The summed E-state index contributed by atoms with van der Waals surface area (Å²) in [6.45, 7) is 0.337. The van der Waals surface area contributed by atoms with E-state index in [1.54, 1.807) is 18.2 Å². The molecule has 2 aromatic rings. The Morgan fingerprint density at radius 1 is 1.05 bits per heavy atom. The highest BCUT2D eigenvalue weighted by atomic mass is 16.3. The normalized spacial score (nSPS) is 11.8. The Morgan fingerprint density at radius 3 is 2.40 bits per heavy atom. The van der Waals surface area contributed by atoms with Crippen LogP contribution in [0.4, 0.5) is 0 Å². The maximum atomic E-state index is 11.8. The summed E-state index contributed by atoms with van der Waals surface area (Å²) in [5.41, 5.74) is 1.06. The summed E-state index contributed by atoms with van der Waals surface area (Å²) in [7, 11) is 0. The number of phenolic OH excluding ortho intramolecular Hbond substituents is 1. The lowest BCUT2D eigenvalue weighted by atomic mass is 10.1. The topological polar surface area (TPSA) is 69.6 Å². The number of hydrogen-bond donors (Lipinski definition) is 3. The van der Waals surface area contributed by atoms with Gasteiger partial charge in [0, 0.05) is 6.54 Å². The third-order valence-electron chi connectivity index (χ3n) is 3.04. The lowest BCUT2D eigenvalue weighted by Crippen LogP contribution is -2.25. The van der Waals surface area contributed by atoms with Gasteiger partial charge in [0.05, 0.1) is 11.7 Å². The quantitative estimate of drug-likeness (QED) is 0.781. The van der Waals surface area contributed by atoms with Crippen LogP contribution in [0.15, 0.2) is 54.6 Å². The molecule has 0 saturated heterocycles. The van der Waals surface area contributed by atoms with Crippen LogP contribution >= 0.6 is 0 Å². The summed E-state index contributed by atoms with van der Waals surface area (Å²) >= 11 is 0. The molecule has 0 aromatic heterocycles. The van der Waals surface area contributed by atoms with E-state index in [-0.39, 0.29) is 17.2 Å². The van der Waals surface area contributed by atoms with Crippen molar-refractivity contribution in [3.8, 4) is 5.75 Å². The summed E-state index contributed by atoms with van der Waals surface area (Å²) in [4.78, 5) is 11.8. The molecule has 3 N–H and O–H groups in total. The van der Waals surface area contributed by atoms with Crippen molar-refractivity contribution >= 4 is 5.91 Å². The van der Waals surface area contributed by atoms with Gasteiger partial charge in [0.1, 0.15) is 5.75 Å². The molecule has 4 heteroatoms. The second-order valence-electron chi connectivity index (χ2n) is 4.49. The molecule has 4 nitrogen and oxygen atoms in total. The molecule has 0 aliphatic carbocycles. The highest BCUT2D eigenvalue weighted by molar-refractivity contribution is 5.96. The summed E-state index contributed by atoms with van der Waals surface area (Å²) in [5, 5.41) is 22.2. The van der Waals surface area contributed by atoms with Gasteiger partial charge >= 0.3 is 0 Å². The van der Waals surface area contributed by atoms with Gasteiger partial charge in [0.2, 0.25) is 0 Å². The van der Waals surface area contributed by atoms with Crippen LogP contribution < -0.4 is 5.32 Å². The van der Waals surface area contributed by atoms with E-state index in [0.717, 1.165) is 5.56 Å². The second-order valence-corrected chi connectivity index (χ2v) is 4.49. The van der Waals surface area contributed by atoms with Crippen LogP contribution in [0.25, 0.3) is 0 Å². The van der Waals surface area contributed by atoms with Gasteiger partial charge in [-0.25, -0.2) is 0 Å². The average Bonchev–Trinajstić information content (AvgIpc) is 2.48. The van der Waals surface area contributed by atoms with Crippen molar-refractivity contribution in [1.82, 2.24) is 5.32 Å². The Morgan fingerprint density at radius 2 is 1.70 bits per heavy atom. The minimum absolute atomic E-state index is 0.0476. The Kier molecular flexibility index (Phi) is 4.74. The number of carbonyl (C=O) groups is 1. The van der Waals surface area contributed by atoms with Crippen LogP contribution in [0.2, 0.25) is 0 Å². The van der Waals surface area contributed by atoms with Crippen LogP contribution in [0.3, 0.4) is 0 Å². The number of rotatable bonds is 5. The number of phenols is 1. The number of nitrogens with one attached hydrogen (secondary N) is 1. The molecule has 2 aromatic carbocycles. The lowest BCUT2D eigenvalue weighted by molar-refractivity contribution is 0.0940. The monoisotopic (exact) mass is 271 g/mol. The number of carbonyl (C=O) groups excluding carboxylic acids is 1. The van der Waals surface area contributed by atoms with Crippen molar-refractivity contribution < 1.29 is 15.0 Å². The molecule has 0 saturated carbocycles. The number of aliphatic hydroxyl groups is 1. The Hall–Kier alpha value is -2.33. The highest BCUT2D eigenvalue weighted by Gasteiger charge is 2.11. The first-order valence-electron chi connectivity index (χ1n) is 6.47. The summed E-state index contributed by atoms with van der Waals surface area (Å²) in [5.74, 6) is -0.392. The van der Waals surface area contributed by atoms with Crippen molar-refractivity contribution in [2.24, 2.45) is 0 Å². The largest absolute Gasteiger partial charge is 0.507 e. The van der Waals surface area contributed by atoms with Crippen LogP contribution in [-0.4, -0.2) is 22.7 Å². The number of hydrogen-bond acceptors (Lipinski definition) is 3. The smallest absolute Gasteiger partial charge is 0.255 e. The lowest BCUT2D eigenvalue weighted by Gasteiger charge is -2.12. The van der Waals surface area contributed by atoms with E-state index >= 15 is 0 Å². The SMILES string of the molecule is O=C(NCC[C@H](O)c1ccccc1)c1ccccc1O. The first-order valence-corrected chi connectivity index (χ1v) is 6.47. The Bertz CT molecular complexity index is 569. The fraction of sp³-hybridized carbons (Fsp3) is 0.188. The zero-order chi connectivity index (χ0) is 14.4. The van der Waals surface area contributed by atoms with Crippen molar-refractivity contribution in [1.29, 1.82) is 0 Å². The fourth-order valence-electron chi connectivity index (χ4n) is 1.93. The van der Waals surface area contributed by atoms with Gasteiger partial charge < -0.3 is 15.5 Å². The summed E-state index contributed by atoms with van der Waals surface area (Å²) < 4.78 is 0. The number of aromatic hydroxyl groups is 1. The molecule has 0 bridgehead atoms. The maximum Gasteiger partial charge on any atom is 0.255 e. The van der Waals surface area contributed by atoms with E-state index in [1.165, 1.54) is 6.07 Å². The predicted molar refractivity (Wildman–Crippen MR) is 76.5 cm³/mol. The summed E-state index contributed by atoms with van der Waals surface area (Å²) in [6, 6.07) is 15.7. The van der Waals surface area contributed by atoms with E-state index in [4.69, 9.17) is 0 Å². The van der Waals surface area contributed by atoms with Crippen LogP contribution in [0.5, 0.6) is 5.75 Å². The Labute approximate surface area is 117 Å². The number of benzene rings is 2. The van der Waals surface area contributed by atoms with E-state index < -0.39 is 6.10 Å². The maximum absolute atomic E-state index is 11.8. The first kappa shape index (κ1) is 14.1. The van der Waals surface area contributed by atoms with E-state index in [0.29, 0.717) is 13.0 Å². The molecule has 0 radical (unpaired) electrons. The van der Waals surface area contributed by atoms with Gasteiger partial charge in [-0.05, 0) is 24.1 Å². The van der Waals surface area contributed by atoms with E-state index in [9.17, 15) is 15.0 Å². The van der Waals surface area contributed by atoms with Gasteiger partial charge in [-0.15, -0.1) is 0 Å². The Balaban J connectivity index is 1.84. The van der Waals surface area contributed by atoms with Crippen LogP contribution in [0.1, 0.15) is 28.4 Å². The van der Waals surface area contributed by atoms with E-state index in [2.05, 4.69) is 5.32 Å². The molecular weight excluding hydrogens is 254 g/mol. The molecule has 0 unspecified atom stereocenters. The van der Waals surface area contributed by atoms with Crippen LogP contribution in [-0.2, 0) is 0 Å². The molecule has 1 atom stereocenters. The molecule has 104 valence electrons. The third kappa shape index (κ3) is 3.59. The third-order valence-corrected chi connectivity index (χ3v) is 3.04. The average molecular weight is 271 g/mol. The predicted octanol–water partition coefficient (Wildman–Crippen LogP) is 2.25. The van der Waals surface area contributed by atoms with E-state index in [1.807, 2.05) is 30.3 Å². The zero-order valence-corrected chi connectivity index (χ0v) is 11.0. The zero-order valence-electron chi connectivity index (χ0n) is 11.0. The molecule has 0 aliphatic heterocycles.